The number of hydrogen-bond acceptors (Lipinski definition) is 6. The van der Waals surface area contributed by atoms with Gasteiger partial charge < -0.3 is 10.1 Å². The largest absolute Gasteiger partial charge is 0.439 e. The lowest BCUT2D eigenvalue weighted by Crippen LogP contribution is -2.27. The number of nitrogens with one attached hydrogen (secondary N) is 1. The van der Waals surface area contributed by atoms with E-state index in [0.717, 1.165) is 5.56 Å². The van der Waals surface area contributed by atoms with Crippen LogP contribution in [0.4, 0.5) is 11.6 Å². The number of aromatic nitrogens is 3. The van der Waals surface area contributed by atoms with Gasteiger partial charge in [-0.25, -0.2) is 9.97 Å². The van der Waals surface area contributed by atoms with Gasteiger partial charge in [-0.15, -0.1) is 0 Å². The molecule has 0 radical (unpaired) electrons. The van der Waals surface area contributed by atoms with Gasteiger partial charge in [-0.3, -0.25) is 9.36 Å². The van der Waals surface area contributed by atoms with E-state index in [2.05, 4.69) is 21.9 Å². The molecule has 1 N–H and O–H groups in total. The third-order valence-electron chi connectivity index (χ3n) is 4.93. The number of nitriles is 1. The van der Waals surface area contributed by atoms with Gasteiger partial charge in [0.2, 0.25) is 11.8 Å². The number of halogens is 1. The van der Waals surface area contributed by atoms with Crippen LogP contribution in [0.2, 0.25) is 5.02 Å². The third-order valence-corrected chi connectivity index (χ3v) is 5.18. The zero-order valence-electron chi connectivity index (χ0n) is 20.3. The zero-order valence-corrected chi connectivity index (χ0v) is 21.1. The normalized spacial score (nSPS) is 9.97. The predicted molar refractivity (Wildman–Crippen MR) is 144 cm³/mol. The molecule has 0 aliphatic rings. The van der Waals surface area contributed by atoms with Crippen LogP contribution in [0.25, 0.3) is 5.57 Å². The summed E-state index contributed by atoms with van der Waals surface area (Å²) < 4.78 is 7.28. The van der Waals surface area contributed by atoms with Gasteiger partial charge in [0.05, 0.1) is 12.1 Å². The third kappa shape index (κ3) is 6.59. The second-order valence-electron chi connectivity index (χ2n) is 7.52. The average molecular weight is 500 g/mol. The average Bonchev–Trinajstić information content (AvgIpc) is 2.89. The van der Waals surface area contributed by atoms with E-state index in [-0.39, 0.29) is 11.3 Å². The van der Waals surface area contributed by atoms with Crippen LogP contribution < -0.4 is 15.6 Å². The Morgan fingerprint density at radius 1 is 1.11 bits per heavy atom. The fourth-order valence-corrected chi connectivity index (χ4v) is 3.32. The van der Waals surface area contributed by atoms with Crippen LogP contribution in [-0.2, 0) is 6.54 Å². The van der Waals surface area contributed by atoms with Gasteiger partial charge in [0.25, 0.3) is 5.56 Å². The Bertz CT molecular complexity index is 1440. The predicted octanol–water partition coefficient (Wildman–Crippen LogP) is 6.81. The lowest BCUT2D eigenvalue weighted by Gasteiger charge is -2.15. The maximum absolute atomic E-state index is 13.1. The van der Waals surface area contributed by atoms with Crippen molar-refractivity contribution in [2.75, 3.05) is 5.32 Å². The van der Waals surface area contributed by atoms with Crippen molar-refractivity contribution in [3.8, 4) is 17.7 Å². The SMILES string of the molecule is C=C(C)c1cnc(Nc2ccc(Oc3cccc(C#N)n3)cc2)n(Cc2ccc(Cl)cc2)c1=O.CC. The standard InChI is InChI=1S/C26H20ClN5O2.C2H6/c1-17(2)23-15-29-26(32(25(23)33)16-18-6-8-19(27)9-7-18)31-20-10-12-22(13-11-20)34-24-5-3-4-21(14-28)30-24;1-2/h3-13,15H,1,16H2,2H3,(H,29,31);1-2H3. The molecule has 2 aromatic heterocycles. The molecule has 2 heterocycles. The highest BCUT2D eigenvalue weighted by Crippen LogP contribution is 2.23. The first-order valence-corrected chi connectivity index (χ1v) is 11.7. The van der Waals surface area contributed by atoms with Gasteiger partial charge in [0, 0.05) is 23.0 Å². The maximum Gasteiger partial charge on any atom is 0.262 e. The molecule has 36 heavy (non-hydrogen) atoms. The molecule has 0 spiro atoms. The Labute approximate surface area is 215 Å². The Morgan fingerprint density at radius 2 is 1.81 bits per heavy atom. The molecule has 2 aromatic carbocycles. The molecule has 0 unspecified atom stereocenters. The molecule has 0 aliphatic carbocycles. The van der Waals surface area contributed by atoms with Crippen molar-refractivity contribution in [2.24, 2.45) is 0 Å². The lowest BCUT2D eigenvalue weighted by molar-refractivity contribution is 0.462. The summed E-state index contributed by atoms with van der Waals surface area (Å²) in [5.74, 6) is 1.27. The fourth-order valence-electron chi connectivity index (χ4n) is 3.19. The second kappa shape index (κ2) is 12.3. The molecule has 4 rings (SSSR count). The van der Waals surface area contributed by atoms with Gasteiger partial charge in [-0.05, 0) is 60.5 Å². The van der Waals surface area contributed by atoms with Crippen molar-refractivity contribution < 1.29 is 4.74 Å². The minimum Gasteiger partial charge on any atom is -0.439 e. The topological polar surface area (TPSA) is 92.8 Å². The monoisotopic (exact) mass is 499 g/mol. The highest BCUT2D eigenvalue weighted by Gasteiger charge is 2.12. The number of rotatable bonds is 7. The molecule has 0 fully saturated rings. The summed E-state index contributed by atoms with van der Waals surface area (Å²) in [6.45, 7) is 9.98. The molecule has 182 valence electrons. The van der Waals surface area contributed by atoms with Crippen LogP contribution in [0.1, 0.15) is 37.6 Å². The first-order valence-electron chi connectivity index (χ1n) is 11.3. The number of nitrogens with zero attached hydrogens (tertiary/aromatic N) is 4. The minimum absolute atomic E-state index is 0.191. The fraction of sp³-hybridized carbons (Fsp3) is 0.143. The molecule has 0 aliphatic heterocycles. The number of pyridine rings is 1. The summed E-state index contributed by atoms with van der Waals surface area (Å²) in [5, 5.41) is 12.8. The van der Waals surface area contributed by atoms with Gasteiger partial charge in [0.15, 0.2) is 0 Å². The Balaban J connectivity index is 0.00000176. The van der Waals surface area contributed by atoms with Crippen molar-refractivity contribution >= 4 is 28.8 Å². The quantitative estimate of drug-likeness (QED) is 0.300. The summed E-state index contributed by atoms with van der Waals surface area (Å²) in [4.78, 5) is 21.7. The van der Waals surface area contributed by atoms with E-state index in [4.69, 9.17) is 21.6 Å². The molecular weight excluding hydrogens is 474 g/mol. The van der Waals surface area contributed by atoms with Crippen LogP contribution in [-0.4, -0.2) is 14.5 Å². The van der Waals surface area contributed by atoms with E-state index in [1.165, 1.54) is 6.20 Å². The van der Waals surface area contributed by atoms with Crippen LogP contribution in [0.5, 0.6) is 11.6 Å². The van der Waals surface area contributed by atoms with Crippen LogP contribution >= 0.6 is 11.6 Å². The first-order chi connectivity index (χ1) is 17.4. The van der Waals surface area contributed by atoms with E-state index in [0.29, 0.717) is 46.0 Å². The van der Waals surface area contributed by atoms with Gasteiger partial charge in [-0.1, -0.05) is 50.2 Å². The van der Waals surface area contributed by atoms with E-state index >= 15 is 0 Å². The number of allylic oxidation sites excluding steroid dienone is 1. The minimum atomic E-state index is -0.191. The van der Waals surface area contributed by atoms with Gasteiger partial charge in [0.1, 0.15) is 17.5 Å². The van der Waals surface area contributed by atoms with E-state index < -0.39 is 0 Å². The highest BCUT2D eigenvalue weighted by molar-refractivity contribution is 6.30. The number of anilines is 2. The molecule has 0 bridgehead atoms. The molecule has 0 saturated carbocycles. The summed E-state index contributed by atoms with van der Waals surface area (Å²) in [7, 11) is 0. The van der Waals surface area contributed by atoms with Gasteiger partial charge in [-0.2, -0.15) is 5.26 Å². The van der Waals surface area contributed by atoms with E-state index in [1.807, 2.05) is 32.0 Å². The lowest BCUT2D eigenvalue weighted by atomic mass is 10.2. The van der Waals surface area contributed by atoms with Crippen LogP contribution in [0.15, 0.2) is 84.3 Å². The molecule has 0 atom stereocenters. The van der Waals surface area contributed by atoms with Crippen molar-refractivity contribution in [2.45, 2.75) is 27.3 Å². The second-order valence-corrected chi connectivity index (χ2v) is 7.95. The Kier molecular flexibility index (Phi) is 8.98. The highest BCUT2D eigenvalue weighted by atomic mass is 35.5. The van der Waals surface area contributed by atoms with Crippen molar-refractivity contribution in [3.05, 3.63) is 112 Å². The summed E-state index contributed by atoms with van der Waals surface area (Å²) in [5.41, 5.74) is 2.80. The summed E-state index contributed by atoms with van der Waals surface area (Å²) >= 11 is 6.00. The zero-order chi connectivity index (χ0) is 26.1. The molecule has 0 saturated heterocycles. The molecule has 0 amide bonds. The molecule has 4 aromatic rings. The smallest absolute Gasteiger partial charge is 0.262 e. The maximum atomic E-state index is 13.1. The molecule has 7 nitrogen and oxygen atoms in total. The Morgan fingerprint density at radius 3 is 2.44 bits per heavy atom. The van der Waals surface area contributed by atoms with E-state index in [9.17, 15) is 4.79 Å². The number of ether oxygens (including phenoxy) is 1. The van der Waals surface area contributed by atoms with Gasteiger partial charge >= 0.3 is 0 Å². The van der Waals surface area contributed by atoms with Crippen LogP contribution in [0, 0.1) is 11.3 Å². The first kappa shape index (κ1) is 26.2. The van der Waals surface area contributed by atoms with E-state index in [1.54, 1.807) is 66.1 Å². The van der Waals surface area contributed by atoms with Crippen molar-refractivity contribution in [3.63, 3.8) is 0 Å². The number of benzene rings is 2. The molecule has 8 heteroatoms. The Hall–Kier alpha value is -4.41. The van der Waals surface area contributed by atoms with Crippen molar-refractivity contribution in [1.82, 2.24) is 14.5 Å². The summed E-state index contributed by atoms with van der Waals surface area (Å²) in [6, 6.07) is 21.4. The van der Waals surface area contributed by atoms with Crippen LogP contribution in [0.3, 0.4) is 0 Å². The van der Waals surface area contributed by atoms with Crippen molar-refractivity contribution in [1.29, 1.82) is 5.26 Å². The molecular formula is C28H26ClN5O2. The summed E-state index contributed by atoms with van der Waals surface area (Å²) in [6.07, 6.45) is 1.52. The number of hydrogen-bond donors (Lipinski definition) is 1.